The Labute approximate surface area is 153 Å². The van der Waals surface area contributed by atoms with Gasteiger partial charge in [0.15, 0.2) is 5.96 Å². The number of ether oxygens (including phenoxy) is 2. The van der Waals surface area contributed by atoms with E-state index in [-0.39, 0.29) is 18.1 Å². The van der Waals surface area contributed by atoms with Gasteiger partial charge in [-0.15, -0.1) is 11.3 Å². The van der Waals surface area contributed by atoms with Crippen LogP contribution in [0.25, 0.3) is 0 Å². The van der Waals surface area contributed by atoms with Gasteiger partial charge >= 0.3 is 0 Å². The molecule has 0 radical (unpaired) electrons. The van der Waals surface area contributed by atoms with Gasteiger partial charge < -0.3 is 25.0 Å². The van der Waals surface area contributed by atoms with E-state index >= 15 is 0 Å². The maximum atomic E-state index is 11.8. The van der Waals surface area contributed by atoms with Crippen molar-refractivity contribution in [2.45, 2.75) is 25.0 Å². The van der Waals surface area contributed by atoms with Crippen molar-refractivity contribution >= 4 is 23.2 Å². The Morgan fingerprint density at radius 1 is 1.40 bits per heavy atom. The van der Waals surface area contributed by atoms with Crippen LogP contribution in [0.2, 0.25) is 0 Å². The number of thiophene rings is 1. The Balaban J connectivity index is 1.96. The van der Waals surface area contributed by atoms with E-state index in [9.17, 15) is 4.79 Å². The normalized spacial score (nSPS) is 17.2. The molecule has 0 aliphatic carbocycles. The van der Waals surface area contributed by atoms with Crippen LogP contribution >= 0.6 is 11.3 Å². The summed E-state index contributed by atoms with van der Waals surface area (Å²) in [5.74, 6) is 0.580. The molecular weight excluding hydrogens is 340 g/mol. The van der Waals surface area contributed by atoms with Crippen LogP contribution in [0.3, 0.4) is 0 Å². The van der Waals surface area contributed by atoms with E-state index in [0.29, 0.717) is 32.3 Å². The number of carbonyl (C=O) groups excluding carboxylic acids is 1. The van der Waals surface area contributed by atoms with Crippen LogP contribution in [0.1, 0.15) is 17.7 Å². The third kappa shape index (κ3) is 6.30. The standard InChI is InChI=1S/C17H28N4O3S/c1-21(2)15(22)12-19-16(18-11-14-5-4-10-25-14)20-13-17(23-3)6-8-24-9-7-17/h4-5,10H,6-9,11-13H2,1-3H3,(H2,18,19,20). The summed E-state index contributed by atoms with van der Waals surface area (Å²) < 4.78 is 11.2. The fraction of sp³-hybridized carbons (Fsp3) is 0.647. The van der Waals surface area contributed by atoms with Crippen molar-refractivity contribution in [2.75, 3.05) is 47.5 Å². The summed E-state index contributed by atoms with van der Waals surface area (Å²) in [6.07, 6.45) is 1.68. The van der Waals surface area contributed by atoms with Gasteiger partial charge in [-0.25, -0.2) is 4.99 Å². The Kier molecular flexibility index (Phi) is 7.67. The highest BCUT2D eigenvalue weighted by atomic mass is 32.1. The van der Waals surface area contributed by atoms with Crippen molar-refractivity contribution in [1.82, 2.24) is 15.5 Å². The first kappa shape index (κ1) is 19.7. The first-order chi connectivity index (χ1) is 12.0. The quantitative estimate of drug-likeness (QED) is 0.556. The maximum absolute atomic E-state index is 11.8. The molecule has 1 aromatic heterocycles. The number of amides is 1. The molecular formula is C17H28N4O3S. The Hall–Kier alpha value is -1.64. The Bertz CT molecular complexity index is 554. The second-order valence-corrected chi connectivity index (χ2v) is 7.27. The Morgan fingerprint density at radius 3 is 2.76 bits per heavy atom. The molecule has 2 heterocycles. The predicted molar refractivity (Wildman–Crippen MR) is 100.0 cm³/mol. The van der Waals surface area contributed by atoms with Crippen molar-refractivity contribution < 1.29 is 14.3 Å². The zero-order chi connectivity index (χ0) is 18.1. The van der Waals surface area contributed by atoms with Crippen LogP contribution < -0.4 is 10.6 Å². The number of guanidine groups is 1. The van der Waals surface area contributed by atoms with Crippen LogP contribution in [0, 0.1) is 0 Å². The summed E-state index contributed by atoms with van der Waals surface area (Å²) >= 11 is 1.68. The molecule has 0 saturated carbocycles. The lowest BCUT2D eigenvalue weighted by Gasteiger charge is -2.36. The molecule has 0 spiro atoms. The van der Waals surface area contributed by atoms with Gasteiger partial charge in [0.25, 0.3) is 0 Å². The van der Waals surface area contributed by atoms with Crippen LogP contribution in [-0.2, 0) is 20.8 Å². The van der Waals surface area contributed by atoms with Gasteiger partial charge in [-0.3, -0.25) is 4.79 Å². The van der Waals surface area contributed by atoms with Crippen LogP contribution in [-0.4, -0.2) is 69.9 Å². The summed E-state index contributed by atoms with van der Waals surface area (Å²) in [5, 5.41) is 8.66. The molecule has 1 aromatic rings. The lowest BCUT2D eigenvalue weighted by molar-refractivity contribution is -0.127. The van der Waals surface area contributed by atoms with Crippen molar-refractivity contribution in [3.05, 3.63) is 22.4 Å². The second kappa shape index (κ2) is 9.74. The van der Waals surface area contributed by atoms with E-state index in [0.717, 1.165) is 12.8 Å². The minimum absolute atomic E-state index is 0.0373. The minimum Gasteiger partial charge on any atom is -0.381 e. The SMILES string of the molecule is COC1(CNC(=NCC(=O)N(C)C)NCc2cccs2)CCOCC1. The molecule has 0 unspecified atom stereocenters. The van der Waals surface area contributed by atoms with E-state index in [1.807, 2.05) is 11.4 Å². The molecule has 0 bridgehead atoms. The number of methoxy groups -OCH3 is 1. The molecule has 1 aliphatic heterocycles. The second-order valence-electron chi connectivity index (χ2n) is 6.24. The summed E-state index contributed by atoms with van der Waals surface area (Å²) in [6.45, 7) is 2.80. The average Bonchev–Trinajstić information content (AvgIpc) is 3.15. The maximum Gasteiger partial charge on any atom is 0.243 e. The molecule has 1 saturated heterocycles. The summed E-state index contributed by atoms with van der Waals surface area (Å²) in [7, 11) is 5.19. The zero-order valence-electron chi connectivity index (χ0n) is 15.2. The first-order valence-corrected chi connectivity index (χ1v) is 9.30. The van der Waals surface area contributed by atoms with Crippen molar-refractivity contribution in [3.63, 3.8) is 0 Å². The molecule has 7 nitrogen and oxygen atoms in total. The van der Waals surface area contributed by atoms with Gasteiger partial charge in [-0.1, -0.05) is 6.07 Å². The van der Waals surface area contributed by atoms with E-state index in [1.54, 1.807) is 32.5 Å². The van der Waals surface area contributed by atoms with Gasteiger partial charge in [0, 0.05) is 58.7 Å². The summed E-state index contributed by atoms with van der Waals surface area (Å²) in [4.78, 5) is 19.0. The summed E-state index contributed by atoms with van der Waals surface area (Å²) in [5.41, 5.74) is -0.255. The van der Waals surface area contributed by atoms with E-state index in [4.69, 9.17) is 9.47 Å². The smallest absolute Gasteiger partial charge is 0.243 e. The number of nitrogens with zero attached hydrogens (tertiary/aromatic N) is 2. The number of nitrogens with one attached hydrogen (secondary N) is 2. The first-order valence-electron chi connectivity index (χ1n) is 8.42. The number of likely N-dealkylation sites (N-methyl/N-ethyl adjacent to an activating group) is 1. The van der Waals surface area contributed by atoms with Crippen LogP contribution in [0.15, 0.2) is 22.5 Å². The van der Waals surface area contributed by atoms with Gasteiger partial charge in [0.1, 0.15) is 6.54 Å². The van der Waals surface area contributed by atoms with Gasteiger partial charge in [0.05, 0.1) is 12.1 Å². The molecule has 1 aliphatic rings. The van der Waals surface area contributed by atoms with Gasteiger partial charge in [-0.2, -0.15) is 0 Å². The third-order valence-corrected chi connectivity index (χ3v) is 5.17. The topological polar surface area (TPSA) is 75.2 Å². The third-order valence-electron chi connectivity index (χ3n) is 4.30. The molecule has 1 amide bonds. The molecule has 8 heteroatoms. The number of hydrogen-bond donors (Lipinski definition) is 2. The lowest BCUT2D eigenvalue weighted by Crippen LogP contribution is -2.50. The molecule has 1 fully saturated rings. The molecule has 0 aromatic carbocycles. The van der Waals surface area contributed by atoms with Crippen molar-refractivity contribution in [1.29, 1.82) is 0 Å². The van der Waals surface area contributed by atoms with Gasteiger partial charge in [-0.05, 0) is 11.4 Å². The number of hydrogen-bond acceptors (Lipinski definition) is 5. The molecule has 140 valence electrons. The fourth-order valence-corrected chi connectivity index (χ4v) is 3.13. The highest BCUT2D eigenvalue weighted by Crippen LogP contribution is 2.23. The Morgan fingerprint density at radius 2 is 2.16 bits per heavy atom. The number of carbonyl (C=O) groups is 1. The predicted octanol–water partition coefficient (Wildman–Crippen LogP) is 1.07. The number of rotatable bonds is 7. The number of aliphatic imine (C=N–C) groups is 1. The van der Waals surface area contributed by atoms with E-state index < -0.39 is 0 Å². The molecule has 0 atom stereocenters. The monoisotopic (exact) mass is 368 g/mol. The average molecular weight is 369 g/mol. The van der Waals surface area contributed by atoms with Crippen LogP contribution in [0.4, 0.5) is 0 Å². The summed E-state index contributed by atoms with van der Waals surface area (Å²) in [6, 6.07) is 4.08. The zero-order valence-corrected chi connectivity index (χ0v) is 16.0. The molecule has 2 N–H and O–H groups in total. The highest BCUT2D eigenvalue weighted by Gasteiger charge is 2.32. The van der Waals surface area contributed by atoms with Crippen LogP contribution in [0.5, 0.6) is 0 Å². The largest absolute Gasteiger partial charge is 0.381 e. The fourth-order valence-electron chi connectivity index (χ4n) is 2.49. The van der Waals surface area contributed by atoms with E-state index in [1.165, 1.54) is 9.78 Å². The van der Waals surface area contributed by atoms with Gasteiger partial charge in [0.2, 0.25) is 5.91 Å². The molecule has 25 heavy (non-hydrogen) atoms. The molecule has 2 rings (SSSR count). The van der Waals surface area contributed by atoms with Crippen molar-refractivity contribution in [2.24, 2.45) is 4.99 Å². The van der Waals surface area contributed by atoms with Crippen molar-refractivity contribution in [3.8, 4) is 0 Å². The lowest BCUT2D eigenvalue weighted by atomic mass is 9.94. The highest BCUT2D eigenvalue weighted by molar-refractivity contribution is 7.09. The minimum atomic E-state index is -0.255. The van der Waals surface area contributed by atoms with E-state index in [2.05, 4.69) is 21.7 Å².